The Labute approximate surface area is 104 Å². The van der Waals surface area contributed by atoms with Gasteiger partial charge < -0.3 is 0 Å². The highest BCUT2D eigenvalue weighted by Crippen LogP contribution is 2.20. The molecular formula is C16H20O. The number of carbonyl (C=O) groups excluding carboxylic acids is 1. The molecule has 1 aromatic carbocycles. The SMILES string of the molecule is CC.O=Cc1ccc(C2=CCCCC=C2)cc1. The van der Waals surface area contributed by atoms with E-state index in [1.165, 1.54) is 17.6 Å². The van der Waals surface area contributed by atoms with Gasteiger partial charge in [-0.05, 0) is 30.4 Å². The van der Waals surface area contributed by atoms with E-state index >= 15 is 0 Å². The Hall–Kier alpha value is -1.63. The summed E-state index contributed by atoms with van der Waals surface area (Å²) in [7, 11) is 0. The fourth-order valence-corrected chi connectivity index (χ4v) is 1.74. The fourth-order valence-electron chi connectivity index (χ4n) is 1.74. The van der Waals surface area contributed by atoms with E-state index in [9.17, 15) is 4.79 Å². The quantitative estimate of drug-likeness (QED) is 0.673. The largest absolute Gasteiger partial charge is 0.298 e. The molecule has 1 aliphatic rings. The molecule has 1 aromatic rings. The molecular weight excluding hydrogens is 208 g/mol. The van der Waals surface area contributed by atoms with Crippen LogP contribution >= 0.6 is 0 Å². The molecule has 0 bridgehead atoms. The molecule has 0 atom stereocenters. The number of allylic oxidation sites excluding steroid dienone is 4. The molecule has 0 spiro atoms. The molecule has 17 heavy (non-hydrogen) atoms. The summed E-state index contributed by atoms with van der Waals surface area (Å²) in [6, 6.07) is 7.74. The summed E-state index contributed by atoms with van der Waals surface area (Å²) in [5.74, 6) is 0. The van der Waals surface area contributed by atoms with Crippen molar-refractivity contribution in [2.45, 2.75) is 33.1 Å². The van der Waals surface area contributed by atoms with Gasteiger partial charge in [0.2, 0.25) is 0 Å². The van der Waals surface area contributed by atoms with E-state index in [0.29, 0.717) is 0 Å². The maximum absolute atomic E-state index is 10.5. The van der Waals surface area contributed by atoms with Crippen molar-refractivity contribution in [2.75, 3.05) is 0 Å². The van der Waals surface area contributed by atoms with Crippen molar-refractivity contribution in [1.82, 2.24) is 0 Å². The first kappa shape index (κ1) is 13.4. The third-order valence-corrected chi connectivity index (χ3v) is 2.62. The lowest BCUT2D eigenvalue weighted by atomic mass is 10.0. The Kier molecular flexibility index (Phi) is 6.02. The molecule has 0 saturated carbocycles. The van der Waals surface area contributed by atoms with Crippen molar-refractivity contribution in [3.8, 4) is 0 Å². The highest BCUT2D eigenvalue weighted by atomic mass is 16.1. The predicted molar refractivity (Wildman–Crippen MR) is 74.1 cm³/mol. The normalized spacial score (nSPS) is 14.1. The second-order valence-corrected chi connectivity index (χ2v) is 3.73. The van der Waals surface area contributed by atoms with Crippen LogP contribution in [0.2, 0.25) is 0 Å². The molecule has 1 heteroatoms. The zero-order valence-corrected chi connectivity index (χ0v) is 10.6. The van der Waals surface area contributed by atoms with Gasteiger partial charge in [-0.2, -0.15) is 0 Å². The van der Waals surface area contributed by atoms with Gasteiger partial charge >= 0.3 is 0 Å². The van der Waals surface area contributed by atoms with Gasteiger partial charge in [0, 0.05) is 5.56 Å². The number of hydrogen-bond donors (Lipinski definition) is 0. The van der Waals surface area contributed by atoms with E-state index in [1.54, 1.807) is 0 Å². The van der Waals surface area contributed by atoms with Crippen LogP contribution in [0.15, 0.2) is 42.5 Å². The molecule has 0 aromatic heterocycles. The first-order valence-electron chi connectivity index (χ1n) is 6.32. The third kappa shape index (κ3) is 4.03. The molecule has 1 aliphatic carbocycles. The molecule has 2 rings (SSSR count). The van der Waals surface area contributed by atoms with E-state index in [-0.39, 0.29) is 0 Å². The topological polar surface area (TPSA) is 17.1 Å². The molecule has 0 N–H and O–H groups in total. The van der Waals surface area contributed by atoms with Crippen molar-refractivity contribution in [3.05, 3.63) is 53.6 Å². The van der Waals surface area contributed by atoms with Crippen molar-refractivity contribution < 1.29 is 4.79 Å². The molecule has 0 fully saturated rings. The van der Waals surface area contributed by atoms with Crippen LogP contribution in [0.5, 0.6) is 0 Å². The van der Waals surface area contributed by atoms with Crippen LogP contribution in [0, 0.1) is 0 Å². The first-order valence-corrected chi connectivity index (χ1v) is 6.32. The second kappa shape index (κ2) is 7.61. The summed E-state index contributed by atoms with van der Waals surface area (Å²) in [5.41, 5.74) is 3.20. The van der Waals surface area contributed by atoms with Crippen molar-refractivity contribution in [3.63, 3.8) is 0 Å². The lowest BCUT2D eigenvalue weighted by Gasteiger charge is -2.01. The van der Waals surface area contributed by atoms with E-state index in [0.717, 1.165) is 24.7 Å². The third-order valence-electron chi connectivity index (χ3n) is 2.62. The molecule has 0 heterocycles. The van der Waals surface area contributed by atoms with Crippen LogP contribution in [-0.2, 0) is 0 Å². The molecule has 0 aliphatic heterocycles. The summed E-state index contributed by atoms with van der Waals surface area (Å²) in [6.45, 7) is 4.00. The van der Waals surface area contributed by atoms with Gasteiger partial charge in [-0.1, -0.05) is 56.3 Å². The minimum atomic E-state index is 0.733. The van der Waals surface area contributed by atoms with Crippen LogP contribution in [-0.4, -0.2) is 6.29 Å². The van der Waals surface area contributed by atoms with Crippen LogP contribution in [0.25, 0.3) is 5.57 Å². The van der Waals surface area contributed by atoms with Gasteiger partial charge in [0.05, 0.1) is 0 Å². The maximum atomic E-state index is 10.5. The summed E-state index contributed by atoms with van der Waals surface area (Å²) in [5, 5.41) is 0. The Balaban J connectivity index is 0.000000686. The van der Waals surface area contributed by atoms with E-state index in [2.05, 4.69) is 18.2 Å². The first-order chi connectivity index (χ1) is 8.40. The highest BCUT2D eigenvalue weighted by molar-refractivity contribution is 5.78. The van der Waals surface area contributed by atoms with E-state index in [4.69, 9.17) is 0 Å². The van der Waals surface area contributed by atoms with Crippen molar-refractivity contribution in [1.29, 1.82) is 0 Å². The monoisotopic (exact) mass is 228 g/mol. The molecule has 0 radical (unpaired) electrons. The number of benzene rings is 1. The summed E-state index contributed by atoms with van der Waals surface area (Å²) in [6.07, 6.45) is 11.0. The predicted octanol–water partition coefficient (Wildman–Crippen LogP) is 4.65. The molecule has 0 amide bonds. The summed E-state index contributed by atoms with van der Waals surface area (Å²) >= 11 is 0. The Morgan fingerprint density at radius 2 is 1.76 bits per heavy atom. The standard InChI is InChI=1S/C14H14O.C2H6/c15-11-12-7-9-14(10-8-12)13-5-3-1-2-4-6-13;1-2/h3,5-11H,1-2,4H2;1-2H3. The number of hydrogen-bond acceptors (Lipinski definition) is 1. The van der Waals surface area contributed by atoms with Crippen molar-refractivity contribution >= 4 is 11.9 Å². The maximum Gasteiger partial charge on any atom is 0.150 e. The number of aldehydes is 1. The second-order valence-electron chi connectivity index (χ2n) is 3.73. The Bertz CT molecular complexity index is 396. The lowest BCUT2D eigenvalue weighted by molar-refractivity contribution is 0.112. The summed E-state index contributed by atoms with van der Waals surface area (Å²) < 4.78 is 0. The number of carbonyl (C=O) groups is 1. The summed E-state index contributed by atoms with van der Waals surface area (Å²) in [4.78, 5) is 10.5. The van der Waals surface area contributed by atoms with Crippen LogP contribution in [0.1, 0.15) is 49.0 Å². The highest BCUT2D eigenvalue weighted by Gasteiger charge is 2.00. The van der Waals surface area contributed by atoms with Gasteiger partial charge in [-0.3, -0.25) is 4.79 Å². The molecule has 0 saturated heterocycles. The Morgan fingerprint density at radius 3 is 2.41 bits per heavy atom. The average Bonchev–Trinajstić information content (AvgIpc) is 2.70. The number of rotatable bonds is 2. The smallest absolute Gasteiger partial charge is 0.150 e. The van der Waals surface area contributed by atoms with Crippen LogP contribution < -0.4 is 0 Å². The van der Waals surface area contributed by atoms with Gasteiger partial charge in [-0.25, -0.2) is 0 Å². The van der Waals surface area contributed by atoms with Crippen molar-refractivity contribution in [2.24, 2.45) is 0 Å². The van der Waals surface area contributed by atoms with Gasteiger partial charge in [0.15, 0.2) is 0 Å². The van der Waals surface area contributed by atoms with Gasteiger partial charge in [0.1, 0.15) is 6.29 Å². The zero-order chi connectivity index (χ0) is 12.5. The van der Waals surface area contributed by atoms with E-state index < -0.39 is 0 Å². The van der Waals surface area contributed by atoms with Crippen LogP contribution in [0.3, 0.4) is 0 Å². The Morgan fingerprint density at radius 1 is 1.06 bits per heavy atom. The minimum absolute atomic E-state index is 0.733. The fraction of sp³-hybridized carbons (Fsp3) is 0.312. The van der Waals surface area contributed by atoms with Gasteiger partial charge in [0.25, 0.3) is 0 Å². The average molecular weight is 228 g/mol. The van der Waals surface area contributed by atoms with Gasteiger partial charge in [-0.15, -0.1) is 0 Å². The molecule has 90 valence electrons. The molecule has 1 nitrogen and oxygen atoms in total. The van der Waals surface area contributed by atoms with Crippen LogP contribution in [0.4, 0.5) is 0 Å². The molecule has 0 unspecified atom stereocenters. The zero-order valence-electron chi connectivity index (χ0n) is 10.6. The minimum Gasteiger partial charge on any atom is -0.298 e. The van der Waals surface area contributed by atoms with E-state index in [1.807, 2.05) is 38.1 Å². The lowest BCUT2D eigenvalue weighted by Crippen LogP contribution is -1.83.